The molecule has 0 aliphatic carbocycles. The van der Waals surface area contributed by atoms with Gasteiger partial charge >= 0.3 is 0 Å². The molecule has 0 fully saturated rings. The molecule has 0 aliphatic rings. The molecule has 2 N–H and O–H groups in total. The summed E-state index contributed by atoms with van der Waals surface area (Å²) >= 11 is 5.23. The fraction of sp³-hybridized carbons (Fsp3) is 0.304. The van der Waals surface area contributed by atoms with E-state index in [1.54, 1.807) is 24.3 Å². The molecular weight excluding hydrogens is 384 g/mol. The summed E-state index contributed by atoms with van der Waals surface area (Å²) in [5, 5.41) is 5.89. The quantitative estimate of drug-likeness (QED) is 0.438. The van der Waals surface area contributed by atoms with Crippen LogP contribution in [0.1, 0.15) is 37.6 Å². The number of anilines is 1. The third-order valence-electron chi connectivity index (χ3n) is 3.90. The van der Waals surface area contributed by atoms with E-state index < -0.39 is 0 Å². The van der Waals surface area contributed by atoms with Gasteiger partial charge in [0, 0.05) is 11.3 Å². The second-order valence-corrected chi connectivity index (χ2v) is 7.64. The van der Waals surface area contributed by atoms with E-state index in [-0.39, 0.29) is 11.0 Å². The normalized spacial score (nSPS) is 10.3. The molecule has 0 heterocycles. The minimum atomic E-state index is -0.280. The number of hydrogen-bond donors (Lipinski definition) is 2. The molecule has 0 atom stereocenters. The molecule has 0 spiro atoms. The zero-order valence-corrected chi connectivity index (χ0v) is 18.0. The summed E-state index contributed by atoms with van der Waals surface area (Å²) < 4.78 is 11.2. The summed E-state index contributed by atoms with van der Waals surface area (Å²) in [5.41, 5.74) is 2.21. The van der Waals surface area contributed by atoms with Crippen molar-refractivity contribution in [3.05, 3.63) is 66.2 Å². The zero-order valence-electron chi connectivity index (χ0n) is 17.2. The molecule has 0 unspecified atom stereocenters. The van der Waals surface area contributed by atoms with Crippen molar-refractivity contribution in [2.24, 2.45) is 5.92 Å². The van der Waals surface area contributed by atoms with Gasteiger partial charge in [-0.15, -0.1) is 0 Å². The summed E-state index contributed by atoms with van der Waals surface area (Å²) in [4.78, 5) is 12.4. The van der Waals surface area contributed by atoms with Crippen LogP contribution in [-0.4, -0.2) is 24.2 Å². The molecule has 0 aromatic heterocycles. The molecule has 6 heteroatoms. The first-order chi connectivity index (χ1) is 13.8. The average Bonchev–Trinajstić information content (AvgIpc) is 2.67. The van der Waals surface area contributed by atoms with Crippen molar-refractivity contribution in [2.45, 2.75) is 27.2 Å². The van der Waals surface area contributed by atoms with Crippen molar-refractivity contribution in [3.8, 4) is 11.5 Å². The minimum Gasteiger partial charge on any atom is -0.494 e. The lowest BCUT2D eigenvalue weighted by molar-refractivity contribution is 0.0977. The van der Waals surface area contributed by atoms with Gasteiger partial charge in [0.05, 0.1) is 6.61 Å². The van der Waals surface area contributed by atoms with Crippen molar-refractivity contribution in [3.63, 3.8) is 0 Å². The lowest BCUT2D eigenvalue weighted by atomic mass is 10.1. The van der Waals surface area contributed by atoms with E-state index >= 15 is 0 Å². The molecule has 0 saturated heterocycles. The second kappa shape index (κ2) is 11.2. The summed E-state index contributed by atoms with van der Waals surface area (Å²) in [6, 6.07) is 14.3. The molecule has 154 valence electrons. The number of carbonyl (C=O) groups is 1. The number of benzene rings is 2. The molecule has 29 heavy (non-hydrogen) atoms. The summed E-state index contributed by atoms with van der Waals surface area (Å²) in [6.07, 6.45) is 0.989. The van der Waals surface area contributed by atoms with Gasteiger partial charge in [0.2, 0.25) is 0 Å². The molecule has 1 amide bonds. The Morgan fingerprint density at radius 3 is 2.21 bits per heavy atom. The van der Waals surface area contributed by atoms with Crippen LogP contribution in [-0.2, 0) is 0 Å². The van der Waals surface area contributed by atoms with Gasteiger partial charge in [0.15, 0.2) is 5.11 Å². The monoisotopic (exact) mass is 412 g/mol. The van der Waals surface area contributed by atoms with Crippen molar-refractivity contribution >= 4 is 28.9 Å². The van der Waals surface area contributed by atoms with Gasteiger partial charge in [-0.1, -0.05) is 20.4 Å². The lowest BCUT2D eigenvalue weighted by Crippen LogP contribution is -2.34. The van der Waals surface area contributed by atoms with Crippen LogP contribution in [0.5, 0.6) is 11.5 Å². The third kappa shape index (κ3) is 8.35. The van der Waals surface area contributed by atoms with Gasteiger partial charge in [0.1, 0.15) is 18.1 Å². The third-order valence-corrected chi connectivity index (χ3v) is 4.11. The predicted octanol–water partition coefficient (Wildman–Crippen LogP) is 5.19. The van der Waals surface area contributed by atoms with Crippen molar-refractivity contribution in [2.75, 3.05) is 18.5 Å². The Labute approximate surface area is 178 Å². The van der Waals surface area contributed by atoms with E-state index in [2.05, 4.69) is 31.1 Å². The maximum atomic E-state index is 12.4. The fourth-order valence-corrected chi connectivity index (χ4v) is 2.50. The molecule has 0 saturated carbocycles. The summed E-state index contributed by atoms with van der Waals surface area (Å²) in [6.45, 7) is 11.2. The van der Waals surface area contributed by atoms with Crippen LogP contribution in [0.2, 0.25) is 0 Å². The number of thiocarbonyl (C=S) groups is 1. The average molecular weight is 413 g/mol. The number of ether oxygens (including phenoxy) is 2. The van der Waals surface area contributed by atoms with Crippen LogP contribution >= 0.6 is 12.2 Å². The highest BCUT2D eigenvalue weighted by Gasteiger charge is 2.08. The van der Waals surface area contributed by atoms with Gasteiger partial charge in [-0.05, 0) is 85.6 Å². The van der Waals surface area contributed by atoms with E-state index in [0.717, 1.165) is 29.2 Å². The predicted molar refractivity (Wildman–Crippen MR) is 122 cm³/mol. The standard InChI is InChI=1S/C23H28N2O3S/c1-16(2)13-14-27-20-9-5-18(6-10-20)22(26)25-23(29)24-19-7-11-21(12-8-19)28-15-17(3)4/h5-12,16H,3,13-15H2,1-2,4H3,(H2,24,25,26,29). The molecule has 5 nitrogen and oxygen atoms in total. The Hall–Kier alpha value is -2.86. The molecule has 0 radical (unpaired) electrons. The number of carbonyl (C=O) groups excluding carboxylic acids is 1. The van der Waals surface area contributed by atoms with Gasteiger partial charge in [0.25, 0.3) is 5.91 Å². The minimum absolute atomic E-state index is 0.225. The van der Waals surface area contributed by atoms with E-state index in [1.165, 1.54) is 0 Å². The SMILES string of the molecule is C=C(C)COc1ccc(NC(=S)NC(=O)c2ccc(OCCC(C)C)cc2)cc1. The van der Waals surface area contributed by atoms with Crippen LogP contribution in [0.3, 0.4) is 0 Å². The Kier molecular flexibility index (Phi) is 8.68. The zero-order chi connectivity index (χ0) is 21.2. The summed E-state index contributed by atoms with van der Waals surface area (Å²) in [7, 11) is 0. The maximum Gasteiger partial charge on any atom is 0.257 e. The maximum absolute atomic E-state index is 12.4. The Morgan fingerprint density at radius 2 is 1.62 bits per heavy atom. The topological polar surface area (TPSA) is 59.6 Å². The molecule has 0 aliphatic heterocycles. The van der Waals surface area contributed by atoms with Crippen LogP contribution in [0.4, 0.5) is 5.69 Å². The summed E-state index contributed by atoms with van der Waals surface area (Å²) in [5.74, 6) is 1.80. The second-order valence-electron chi connectivity index (χ2n) is 7.23. The number of hydrogen-bond acceptors (Lipinski definition) is 4. The van der Waals surface area contributed by atoms with E-state index in [0.29, 0.717) is 24.7 Å². The first-order valence-electron chi connectivity index (χ1n) is 9.56. The molecule has 2 aromatic rings. The number of rotatable bonds is 9. The Bertz CT molecular complexity index is 830. The first-order valence-corrected chi connectivity index (χ1v) is 9.96. The van der Waals surface area contributed by atoms with Gasteiger partial charge in [-0.3, -0.25) is 10.1 Å². The number of nitrogens with one attached hydrogen (secondary N) is 2. The first kappa shape index (κ1) is 22.4. The molecule has 2 rings (SSSR count). The van der Waals surface area contributed by atoms with Gasteiger partial charge in [-0.25, -0.2) is 0 Å². The highest BCUT2D eigenvalue weighted by Crippen LogP contribution is 2.17. The molecule has 2 aromatic carbocycles. The van der Waals surface area contributed by atoms with Gasteiger partial charge in [-0.2, -0.15) is 0 Å². The Balaban J connectivity index is 1.82. The number of amides is 1. The van der Waals surface area contributed by atoms with Crippen molar-refractivity contribution in [1.82, 2.24) is 5.32 Å². The van der Waals surface area contributed by atoms with E-state index in [9.17, 15) is 4.79 Å². The van der Waals surface area contributed by atoms with Crippen LogP contribution in [0.15, 0.2) is 60.7 Å². The largest absolute Gasteiger partial charge is 0.494 e. The van der Waals surface area contributed by atoms with Gasteiger partial charge < -0.3 is 14.8 Å². The fourth-order valence-electron chi connectivity index (χ4n) is 2.29. The van der Waals surface area contributed by atoms with Crippen LogP contribution in [0.25, 0.3) is 0 Å². The van der Waals surface area contributed by atoms with Crippen molar-refractivity contribution < 1.29 is 14.3 Å². The molecule has 0 bridgehead atoms. The highest BCUT2D eigenvalue weighted by atomic mass is 32.1. The van der Waals surface area contributed by atoms with Crippen LogP contribution in [0, 0.1) is 5.92 Å². The van der Waals surface area contributed by atoms with Crippen molar-refractivity contribution in [1.29, 1.82) is 0 Å². The Morgan fingerprint density at radius 1 is 1.03 bits per heavy atom. The van der Waals surface area contributed by atoms with E-state index in [1.807, 2.05) is 31.2 Å². The lowest BCUT2D eigenvalue weighted by Gasteiger charge is -2.11. The highest BCUT2D eigenvalue weighted by molar-refractivity contribution is 7.80. The van der Waals surface area contributed by atoms with Crippen LogP contribution < -0.4 is 20.1 Å². The van der Waals surface area contributed by atoms with E-state index in [4.69, 9.17) is 21.7 Å². The molecular formula is C23H28N2O3S. The smallest absolute Gasteiger partial charge is 0.257 e.